The zero-order chi connectivity index (χ0) is 13.8. The van der Waals surface area contributed by atoms with Crippen LogP contribution in [0, 0.1) is 5.92 Å². The van der Waals surface area contributed by atoms with Gasteiger partial charge in [0.05, 0.1) is 15.9 Å². The summed E-state index contributed by atoms with van der Waals surface area (Å²) in [7, 11) is 0. The van der Waals surface area contributed by atoms with E-state index in [0.717, 1.165) is 19.4 Å². The van der Waals surface area contributed by atoms with Crippen molar-refractivity contribution >= 4 is 27.5 Å². The fourth-order valence-electron chi connectivity index (χ4n) is 3.03. The first-order chi connectivity index (χ1) is 9.17. The normalized spacial score (nSPS) is 24.4. The van der Waals surface area contributed by atoms with Gasteiger partial charge < -0.3 is 0 Å². The molecule has 1 fully saturated rings. The Labute approximate surface area is 130 Å². The van der Waals surface area contributed by atoms with Crippen LogP contribution < -0.4 is 0 Å². The van der Waals surface area contributed by atoms with Gasteiger partial charge in [0.2, 0.25) is 0 Å². The van der Waals surface area contributed by atoms with Crippen LogP contribution in [0.25, 0.3) is 0 Å². The molecule has 1 heterocycles. The highest BCUT2D eigenvalue weighted by molar-refractivity contribution is 9.10. The lowest BCUT2D eigenvalue weighted by Crippen LogP contribution is -2.18. The fourth-order valence-corrected chi connectivity index (χ4v) is 4.13. The number of alkyl halides is 1. The van der Waals surface area contributed by atoms with Gasteiger partial charge in [-0.05, 0) is 54.5 Å². The highest BCUT2D eigenvalue weighted by Crippen LogP contribution is 2.33. The molecule has 108 valence electrons. The smallest absolute Gasteiger partial charge is 0.0766 e. The Morgan fingerprint density at radius 3 is 2.68 bits per heavy atom. The van der Waals surface area contributed by atoms with Crippen LogP contribution in [0.4, 0.5) is 0 Å². The maximum absolute atomic E-state index is 6.58. The van der Waals surface area contributed by atoms with E-state index >= 15 is 0 Å². The molecule has 0 saturated heterocycles. The number of hydrogen-bond acceptors (Lipinski definition) is 1. The van der Waals surface area contributed by atoms with Crippen LogP contribution in [0.3, 0.4) is 0 Å². The van der Waals surface area contributed by atoms with E-state index in [0.29, 0.717) is 11.3 Å². The van der Waals surface area contributed by atoms with E-state index in [1.807, 2.05) is 0 Å². The van der Waals surface area contributed by atoms with Gasteiger partial charge in [0.25, 0.3) is 0 Å². The Bertz CT molecular complexity index is 417. The molecule has 0 N–H and O–H groups in total. The molecule has 1 aromatic heterocycles. The molecule has 0 radical (unpaired) electrons. The predicted octanol–water partition coefficient (Wildman–Crippen LogP) is 4.96. The average molecular weight is 348 g/mol. The van der Waals surface area contributed by atoms with Crippen LogP contribution in [0.2, 0.25) is 0 Å². The summed E-state index contributed by atoms with van der Waals surface area (Å²) in [4.78, 5) is 0. The van der Waals surface area contributed by atoms with Crippen molar-refractivity contribution in [1.29, 1.82) is 0 Å². The topological polar surface area (TPSA) is 17.8 Å². The summed E-state index contributed by atoms with van der Waals surface area (Å²) in [6.45, 7) is 5.26. The third-order valence-corrected chi connectivity index (χ3v) is 5.71. The minimum absolute atomic E-state index is 0.333. The highest BCUT2D eigenvalue weighted by atomic mass is 79.9. The third kappa shape index (κ3) is 3.55. The third-order valence-electron chi connectivity index (χ3n) is 4.22. The summed E-state index contributed by atoms with van der Waals surface area (Å²) in [5, 5.41) is 5.02. The summed E-state index contributed by atoms with van der Waals surface area (Å²) in [5.74, 6) is 0.604. The fraction of sp³-hybridized carbons (Fsp3) is 0.800. The van der Waals surface area contributed by atoms with Crippen molar-refractivity contribution < 1.29 is 0 Å². The molecule has 0 aliphatic heterocycles. The van der Waals surface area contributed by atoms with Crippen LogP contribution in [-0.2, 0) is 19.4 Å². The van der Waals surface area contributed by atoms with E-state index in [1.165, 1.54) is 48.0 Å². The van der Waals surface area contributed by atoms with E-state index in [1.54, 1.807) is 0 Å². The largest absolute Gasteiger partial charge is 0.268 e. The second-order valence-corrected chi connectivity index (χ2v) is 6.85. The monoisotopic (exact) mass is 346 g/mol. The van der Waals surface area contributed by atoms with Gasteiger partial charge in [-0.25, -0.2) is 0 Å². The Morgan fingerprint density at radius 2 is 2.00 bits per heavy atom. The Morgan fingerprint density at radius 1 is 1.26 bits per heavy atom. The summed E-state index contributed by atoms with van der Waals surface area (Å²) in [6, 6.07) is 0. The molecule has 1 aliphatic carbocycles. The average Bonchev–Trinajstić information content (AvgIpc) is 2.57. The van der Waals surface area contributed by atoms with Gasteiger partial charge in [-0.2, -0.15) is 5.10 Å². The molecule has 1 saturated carbocycles. The zero-order valence-corrected chi connectivity index (χ0v) is 14.3. The number of hydrogen-bond donors (Lipinski definition) is 0. The van der Waals surface area contributed by atoms with Gasteiger partial charge in [0, 0.05) is 11.9 Å². The van der Waals surface area contributed by atoms with Crippen LogP contribution >= 0.6 is 27.5 Å². The van der Waals surface area contributed by atoms with Gasteiger partial charge in [-0.3, -0.25) is 4.68 Å². The summed E-state index contributed by atoms with van der Waals surface area (Å²) >= 11 is 10.3. The molecule has 1 aromatic rings. The first kappa shape index (κ1) is 15.4. The lowest BCUT2D eigenvalue weighted by Gasteiger charge is -2.20. The van der Waals surface area contributed by atoms with E-state index in [-0.39, 0.29) is 0 Å². The molecule has 0 spiro atoms. The number of aromatic nitrogens is 2. The van der Waals surface area contributed by atoms with Crippen LogP contribution in [0.1, 0.15) is 57.3 Å². The predicted molar refractivity (Wildman–Crippen MR) is 84.9 cm³/mol. The summed E-state index contributed by atoms with van der Waals surface area (Å²) < 4.78 is 3.36. The Kier molecular flexibility index (Phi) is 5.76. The molecular formula is C15H24BrClN2. The van der Waals surface area contributed by atoms with Crippen molar-refractivity contribution in [2.45, 2.75) is 70.7 Å². The minimum atomic E-state index is 0.333. The first-order valence-corrected chi connectivity index (χ1v) is 8.78. The lowest BCUT2D eigenvalue weighted by molar-refractivity contribution is 0.444. The number of nitrogens with zero attached hydrogens (tertiary/aromatic N) is 2. The molecule has 19 heavy (non-hydrogen) atoms. The van der Waals surface area contributed by atoms with E-state index < -0.39 is 0 Å². The first-order valence-electron chi connectivity index (χ1n) is 7.55. The van der Waals surface area contributed by atoms with E-state index in [9.17, 15) is 0 Å². The van der Waals surface area contributed by atoms with Gasteiger partial charge in [-0.1, -0.05) is 26.2 Å². The standard InChI is InChI=1S/C15H24BrClN2/c1-3-13-15(16)14(19(4-2)18-13)10-11-8-6-5-7-9-12(11)17/h11-12H,3-10H2,1-2H3. The van der Waals surface area contributed by atoms with Crippen molar-refractivity contribution in [2.75, 3.05) is 0 Å². The molecule has 1 aliphatic rings. The quantitative estimate of drug-likeness (QED) is 0.556. The minimum Gasteiger partial charge on any atom is -0.268 e. The summed E-state index contributed by atoms with van der Waals surface area (Å²) in [6.07, 6.45) is 8.44. The van der Waals surface area contributed by atoms with Gasteiger partial charge in [-0.15, -0.1) is 11.6 Å². The van der Waals surface area contributed by atoms with Crippen LogP contribution in [0.5, 0.6) is 0 Å². The second kappa shape index (κ2) is 7.12. The SMILES string of the molecule is CCc1nn(CC)c(CC2CCCCCC2Cl)c1Br. The zero-order valence-electron chi connectivity index (χ0n) is 12.0. The van der Waals surface area contributed by atoms with Crippen molar-refractivity contribution in [2.24, 2.45) is 5.92 Å². The van der Waals surface area contributed by atoms with E-state index in [2.05, 4.69) is 39.6 Å². The number of aryl methyl sites for hydroxylation is 2. The molecule has 2 unspecified atom stereocenters. The lowest BCUT2D eigenvalue weighted by atomic mass is 9.94. The Hall–Kier alpha value is -0.0200. The molecule has 2 atom stereocenters. The van der Waals surface area contributed by atoms with Gasteiger partial charge >= 0.3 is 0 Å². The molecule has 4 heteroatoms. The Balaban J connectivity index is 2.19. The number of rotatable bonds is 4. The maximum Gasteiger partial charge on any atom is 0.0766 e. The van der Waals surface area contributed by atoms with Crippen molar-refractivity contribution in [3.05, 3.63) is 15.9 Å². The van der Waals surface area contributed by atoms with Crippen LogP contribution in [-0.4, -0.2) is 15.2 Å². The van der Waals surface area contributed by atoms with Gasteiger partial charge in [0.1, 0.15) is 0 Å². The van der Waals surface area contributed by atoms with Crippen molar-refractivity contribution in [3.63, 3.8) is 0 Å². The maximum atomic E-state index is 6.58. The number of halogens is 2. The molecular weight excluding hydrogens is 324 g/mol. The second-order valence-electron chi connectivity index (χ2n) is 5.49. The van der Waals surface area contributed by atoms with Crippen molar-refractivity contribution in [3.8, 4) is 0 Å². The summed E-state index contributed by atoms with van der Waals surface area (Å²) in [5.41, 5.74) is 2.52. The highest BCUT2D eigenvalue weighted by Gasteiger charge is 2.25. The van der Waals surface area contributed by atoms with Gasteiger partial charge in [0.15, 0.2) is 0 Å². The van der Waals surface area contributed by atoms with E-state index in [4.69, 9.17) is 11.6 Å². The van der Waals surface area contributed by atoms with Crippen molar-refractivity contribution in [1.82, 2.24) is 9.78 Å². The molecule has 2 rings (SSSR count). The molecule has 0 bridgehead atoms. The van der Waals surface area contributed by atoms with Crippen LogP contribution in [0.15, 0.2) is 4.47 Å². The molecule has 0 amide bonds. The molecule has 2 nitrogen and oxygen atoms in total. The molecule has 0 aromatic carbocycles.